The predicted octanol–water partition coefficient (Wildman–Crippen LogP) is 1.95. The van der Waals surface area contributed by atoms with Crippen LogP contribution in [0.15, 0.2) is 17.2 Å². The molecule has 1 unspecified atom stereocenters. The molecule has 6 nitrogen and oxygen atoms in total. The molecule has 0 aliphatic heterocycles. The smallest absolute Gasteiger partial charge is 0.254 e. The van der Waals surface area contributed by atoms with Crippen LogP contribution < -0.4 is 11.2 Å². The number of fused-ring (bicyclic) bond motifs is 1. The molecule has 2 N–H and O–H groups in total. The molecule has 0 aliphatic carbocycles. The number of pyridine rings is 1. The Bertz CT molecular complexity index is 736. The van der Waals surface area contributed by atoms with Crippen LogP contribution in [0.25, 0.3) is 11.0 Å². The molecule has 2 aromatic rings. The summed E-state index contributed by atoms with van der Waals surface area (Å²) in [6.45, 7) is 5.95. The van der Waals surface area contributed by atoms with Gasteiger partial charge in [0.1, 0.15) is 17.0 Å². The molecule has 0 radical (unpaired) electrons. The van der Waals surface area contributed by atoms with Crippen LogP contribution >= 0.6 is 0 Å². The summed E-state index contributed by atoms with van der Waals surface area (Å²) in [5, 5.41) is 0.339. The number of amides is 1. The maximum atomic E-state index is 12.3. The van der Waals surface area contributed by atoms with Gasteiger partial charge in [-0.15, -0.1) is 0 Å². The minimum absolute atomic E-state index is 0.00972. The van der Waals surface area contributed by atoms with E-state index in [0.717, 1.165) is 19.3 Å². The van der Waals surface area contributed by atoms with E-state index in [4.69, 9.17) is 5.73 Å². The van der Waals surface area contributed by atoms with E-state index in [1.165, 1.54) is 6.20 Å². The van der Waals surface area contributed by atoms with Crippen LogP contribution in [-0.4, -0.2) is 20.4 Å². The average molecular weight is 288 g/mol. The van der Waals surface area contributed by atoms with Gasteiger partial charge in [-0.1, -0.05) is 20.3 Å². The number of carbonyl (C=O) groups excluding carboxylic acids is 1. The Hall–Kier alpha value is -2.24. The predicted molar refractivity (Wildman–Crippen MR) is 81.3 cm³/mol. The molecule has 0 aromatic carbocycles. The zero-order chi connectivity index (χ0) is 15.6. The van der Waals surface area contributed by atoms with E-state index in [1.54, 1.807) is 13.1 Å². The van der Waals surface area contributed by atoms with Crippen molar-refractivity contribution >= 4 is 16.9 Å². The number of nitrogens with zero attached hydrogens (tertiary/aromatic N) is 3. The average Bonchev–Trinajstić information content (AvgIpc) is 2.45. The molecule has 2 heterocycles. The van der Waals surface area contributed by atoms with E-state index < -0.39 is 11.3 Å². The number of nitrogens with two attached hydrogens (primary N) is 1. The highest BCUT2D eigenvalue weighted by molar-refractivity contribution is 5.95. The molecule has 0 fully saturated rings. The number of carbonyl (C=O) groups is 1. The van der Waals surface area contributed by atoms with E-state index in [0.29, 0.717) is 16.9 Å². The Morgan fingerprint density at radius 2 is 2.14 bits per heavy atom. The minimum atomic E-state index is -0.720. The Morgan fingerprint density at radius 3 is 2.71 bits per heavy atom. The molecule has 0 saturated carbocycles. The molecule has 1 amide bonds. The largest absolute Gasteiger partial charge is 0.365 e. The Kier molecular flexibility index (Phi) is 4.35. The van der Waals surface area contributed by atoms with Gasteiger partial charge in [-0.2, -0.15) is 0 Å². The zero-order valence-electron chi connectivity index (χ0n) is 12.6. The standard InChI is InChI=1S/C15H20N4O2/c1-4-6-10(5-2)19-8-12(14(16)21)13(20)11-7-17-9(3)18-15(11)19/h7-8,10H,4-6H2,1-3H3,(H2,16,21). The Morgan fingerprint density at radius 1 is 1.43 bits per heavy atom. The molecule has 0 bridgehead atoms. The summed E-state index contributed by atoms with van der Waals surface area (Å²) in [4.78, 5) is 32.3. The molecular weight excluding hydrogens is 268 g/mol. The maximum absolute atomic E-state index is 12.3. The Labute approximate surface area is 123 Å². The van der Waals surface area contributed by atoms with Crippen LogP contribution in [0.1, 0.15) is 55.3 Å². The zero-order valence-corrected chi connectivity index (χ0v) is 12.6. The van der Waals surface area contributed by atoms with E-state index in [-0.39, 0.29) is 11.6 Å². The maximum Gasteiger partial charge on any atom is 0.254 e. The number of hydrogen-bond donors (Lipinski definition) is 1. The van der Waals surface area contributed by atoms with Gasteiger partial charge in [-0.3, -0.25) is 9.59 Å². The summed E-state index contributed by atoms with van der Waals surface area (Å²) in [7, 11) is 0. The molecule has 2 rings (SSSR count). The summed E-state index contributed by atoms with van der Waals surface area (Å²) in [5.74, 6) is -0.128. The summed E-state index contributed by atoms with van der Waals surface area (Å²) in [6, 6.07) is 0.172. The summed E-state index contributed by atoms with van der Waals surface area (Å²) < 4.78 is 1.90. The van der Waals surface area contributed by atoms with Crippen LogP contribution in [0.3, 0.4) is 0 Å². The van der Waals surface area contributed by atoms with Crippen LogP contribution in [0, 0.1) is 6.92 Å². The van der Waals surface area contributed by atoms with Crippen molar-refractivity contribution in [2.24, 2.45) is 5.73 Å². The van der Waals surface area contributed by atoms with Gasteiger partial charge in [0.2, 0.25) is 5.43 Å². The quantitative estimate of drug-likeness (QED) is 0.910. The van der Waals surface area contributed by atoms with Crippen LogP contribution in [0.4, 0.5) is 0 Å². The van der Waals surface area contributed by atoms with Crippen molar-refractivity contribution in [1.82, 2.24) is 14.5 Å². The SMILES string of the molecule is CCCC(CC)n1cc(C(N)=O)c(=O)c2cnc(C)nc21. The first-order valence-corrected chi connectivity index (χ1v) is 7.17. The topological polar surface area (TPSA) is 90.9 Å². The summed E-state index contributed by atoms with van der Waals surface area (Å²) >= 11 is 0. The number of hydrogen-bond acceptors (Lipinski definition) is 4. The number of rotatable bonds is 5. The van der Waals surface area contributed by atoms with Crippen molar-refractivity contribution in [2.75, 3.05) is 0 Å². The van der Waals surface area contributed by atoms with Crippen molar-refractivity contribution in [2.45, 2.75) is 46.1 Å². The lowest BCUT2D eigenvalue weighted by molar-refractivity contribution is 0.0998. The molecule has 0 aliphatic rings. The lowest BCUT2D eigenvalue weighted by Crippen LogP contribution is -2.26. The third-order valence-electron chi connectivity index (χ3n) is 3.64. The fourth-order valence-electron chi connectivity index (χ4n) is 2.55. The molecular formula is C15H20N4O2. The molecule has 21 heavy (non-hydrogen) atoms. The molecule has 2 aromatic heterocycles. The van der Waals surface area contributed by atoms with Gasteiger partial charge in [-0.25, -0.2) is 9.97 Å². The highest BCUT2D eigenvalue weighted by atomic mass is 16.2. The lowest BCUT2D eigenvalue weighted by atomic mass is 10.1. The molecule has 112 valence electrons. The molecule has 0 spiro atoms. The van der Waals surface area contributed by atoms with E-state index >= 15 is 0 Å². The van der Waals surface area contributed by atoms with Crippen molar-refractivity contribution in [3.63, 3.8) is 0 Å². The van der Waals surface area contributed by atoms with E-state index in [1.807, 2.05) is 4.57 Å². The van der Waals surface area contributed by atoms with Gasteiger partial charge in [0.25, 0.3) is 5.91 Å². The van der Waals surface area contributed by atoms with Crippen LogP contribution in [0.2, 0.25) is 0 Å². The second-order valence-corrected chi connectivity index (χ2v) is 5.15. The van der Waals surface area contributed by atoms with E-state index in [9.17, 15) is 9.59 Å². The van der Waals surface area contributed by atoms with Gasteiger partial charge in [0, 0.05) is 18.4 Å². The first-order chi connectivity index (χ1) is 9.99. The summed E-state index contributed by atoms with van der Waals surface area (Å²) in [6.07, 6.45) is 5.84. The monoisotopic (exact) mass is 288 g/mol. The fraction of sp³-hybridized carbons (Fsp3) is 0.467. The van der Waals surface area contributed by atoms with Crippen molar-refractivity contribution in [1.29, 1.82) is 0 Å². The fourth-order valence-corrected chi connectivity index (χ4v) is 2.55. The number of primary amides is 1. The molecule has 1 atom stereocenters. The third-order valence-corrected chi connectivity index (χ3v) is 3.64. The van der Waals surface area contributed by atoms with Crippen LogP contribution in [-0.2, 0) is 0 Å². The van der Waals surface area contributed by atoms with Crippen molar-refractivity contribution < 1.29 is 4.79 Å². The molecule has 6 heteroatoms. The van der Waals surface area contributed by atoms with Crippen molar-refractivity contribution in [3.8, 4) is 0 Å². The van der Waals surface area contributed by atoms with Gasteiger partial charge in [-0.05, 0) is 19.8 Å². The highest BCUT2D eigenvalue weighted by Gasteiger charge is 2.18. The van der Waals surface area contributed by atoms with Gasteiger partial charge in [0.15, 0.2) is 0 Å². The Balaban J connectivity index is 2.83. The van der Waals surface area contributed by atoms with Gasteiger partial charge in [0.05, 0.1) is 5.39 Å². The van der Waals surface area contributed by atoms with E-state index in [2.05, 4.69) is 23.8 Å². The van der Waals surface area contributed by atoms with Gasteiger partial charge < -0.3 is 10.3 Å². The van der Waals surface area contributed by atoms with Gasteiger partial charge >= 0.3 is 0 Å². The highest BCUT2D eigenvalue weighted by Crippen LogP contribution is 2.22. The molecule has 0 saturated heterocycles. The van der Waals surface area contributed by atoms with Crippen LogP contribution in [0.5, 0.6) is 0 Å². The minimum Gasteiger partial charge on any atom is -0.365 e. The number of aryl methyl sites for hydroxylation is 1. The first-order valence-electron chi connectivity index (χ1n) is 7.17. The lowest BCUT2D eigenvalue weighted by Gasteiger charge is -2.21. The van der Waals surface area contributed by atoms with Crippen molar-refractivity contribution in [3.05, 3.63) is 34.0 Å². The second kappa shape index (κ2) is 6.03. The summed E-state index contributed by atoms with van der Waals surface area (Å²) in [5.41, 5.74) is 5.48. The second-order valence-electron chi connectivity index (χ2n) is 5.15. The first kappa shape index (κ1) is 15.2. The third kappa shape index (κ3) is 2.79. The normalized spacial score (nSPS) is 12.5. The number of aromatic nitrogens is 3.